The van der Waals surface area contributed by atoms with Crippen molar-refractivity contribution in [1.82, 2.24) is 4.90 Å². The van der Waals surface area contributed by atoms with Gasteiger partial charge in [-0.25, -0.2) is 9.18 Å². The van der Waals surface area contributed by atoms with E-state index in [1.54, 1.807) is 29.0 Å². The fourth-order valence-electron chi connectivity index (χ4n) is 2.51. The minimum Gasteiger partial charge on any atom is -0.323 e. The summed E-state index contributed by atoms with van der Waals surface area (Å²) in [6.07, 6.45) is 0. The van der Waals surface area contributed by atoms with E-state index >= 15 is 0 Å². The van der Waals surface area contributed by atoms with Gasteiger partial charge in [-0.15, -0.1) is 0 Å². The highest BCUT2D eigenvalue weighted by Gasteiger charge is 2.27. The van der Waals surface area contributed by atoms with Crippen molar-refractivity contribution in [3.63, 3.8) is 0 Å². The molecule has 5 heteroatoms. The second-order valence-corrected chi connectivity index (χ2v) is 5.96. The summed E-state index contributed by atoms with van der Waals surface area (Å²) in [5.74, 6) is -0.304. The van der Waals surface area contributed by atoms with Crippen LogP contribution in [0.4, 0.5) is 14.9 Å². The minimum atomic E-state index is -0.304. The molecule has 0 saturated carbocycles. The van der Waals surface area contributed by atoms with Crippen molar-refractivity contribution >= 4 is 27.6 Å². The molecule has 3 nitrogen and oxygen atoms in total. The highest BCUT2D eigenvalue weighted by atomic mass is 79.9. The zero-order chi connectivity index (χ0) is 15.0. The molecule has 108 valence electrons. The molecule has 0 bridgehead atoms. The van der Waals surface area contributed by atoms with Gasteiger partial charge >= 0.3 is 6.03 Å². The normalized spacial score (nSPS) is 14.3. The molecule has 0 N–H and O–H groups in total. The number of urea groups is 1. The third-order valence-corrected chi connectivity index (χ3v) is 4.18. The first kappa shape index (κ1) is 14.1. The highest BCUT2D eigenvalue weighted by Crippen LogP contribution is 2.29. The van der Waals surface area contributed by atoms with Gasteiger partial charge in [-0.3, -0.25) is 4.90 Å². The van der Waals surface area contributed by atoms with Crippen LogP contribution in [-0.4, -0.2) is 18.0 Å². The number of anilines is 1. The van der Waals surface area contributed by atoms with Gasteiger partial charge in [-0.05, 0) is 45.3 Å². The molecule has 1 aliphatic heterocycles. The van der Waals surface area contributed by atoms with Crippen molar-refractivity contribution < 1.29 is 9.18 Å². The molecular weight excluding hydrogens is 335 g/mol. The minimum absolute atomic E-state index is 0.0471. The third kappa shape index (κ3) is 2.65. The summed E-state index contributed by atoms with van der Waals surface area (Å²) in [6, 6.07) is 12.6. The first-order valence-electron chi connectivity index (χ1n) is 6.61. The van der Waals surface area contributed by atoms with Gasteiger partial charge < -0.3 is 4.90 Å². The number of carbonyl (C=O) groups is 1. The van der Waals surface area contributed by atoms with Gasteiger partial charge in [0.25, 0.3) is 0 Å². The predicted molar refractivity (Wildman–Crippen MR) is 83.6 cm³/mol. The summed E-state index contributed by atoms with van der Waals surface area (Å²) >= 11 is 3.18. The quantitative estimate of drug-likeness (QED) is 0.799. The molecular formula is C16H14BrFN2O. The maximum atomic E-state index is 13.3. The Labute approximate surface area is 131 Å². The van der Waals surface area contributed by atoms with E-state index in [4.69, 9.17) is 0 Å². The summed E-state index contributed by atoms with van der Waals surface area (Å²) in [5.41, 5.74) is 2.91. The SMILES string of the molecule is CN1Cc2ccccc2N(Cc2ccc(F)c(Br)c2)C1=O. The first-order valence-corrected chi connectivity index (χ1v) is 7.40. The Balaban J connectivity index is 1.96. The molecule has 21 heavy (non-hydrogen) atoms. The number of nitrogens with zero attached hydrogens (tertiary/aromatic N) is 2. The van der Waals surface area contributed by atoms with Gasteiger partial charge in [0, 0.05) is 13.6 Å². The molecule has 0 unspecified atom stereocenters. The maximum absolute atomic E-state index is 13.3. The monoisotopic (exact) mass is 348 g/mol. The fraction of sp³-hybridized carbons (Fsp3) is 0.188. The van der Waals surface area contributed by atoms with E-state index in [-0.39, 0.29) is 11.8 Å². The molecule has 0 spiro atoms. The average molecular weight is 349 g/mol. The van der Waals surface area contributed by atoms with E-state index < -0.39 is 0 Å². The van der Waals surface area contributed by atoms with Crippen molar-refractivity contribution in [2.24, 2.45) is 0 Å². The zero-order valence-corrected chi connectivity index (χ0v) is 13.1. The molecule has 2 aromatic rings. The van der Waals surface area contributed by atoms with Gasteiger partial charge in [-0.1, -0.05) is 24.3 Å². The zero-order valence-electron chi connectivity index (χ0n) is 11.5. The standard InChI is InChI=1S/C16H14BrFN2O/c1-19-10-12-4-2-3-5-15(12)20(16(19)21)9-11-6-7-14(18)13(17)8-11/h2-8H,9-10H2,1H3. The molecule has 1 aliphatic rings. The maximum Gasteiger partial charge on any atom is 0.324 e. The largest absolute Gasteiger partial charge is 0.324 e. The van der Waals surface area contributed by atoms with E-state index in [0.29, 0.717) is 17.6 Å². The Morgan fingerprint density at radius 3 is 2.76 bits per heavy atom. The van der Waals surface area contributed by atoms with E-state index in [2.05, 4.69) is 15.9 Å². The van der Waals surface area contributed by atoms with Crippen LogP contribution < -0.4 is 4.90 Å². The van der Waals surface area contributed by atoms with Crippen molar-refractivity contribution in [2.45, 2.75) is 13.1 Å². The summed E-state index contributed by atoms with van der Waals surface area (Å²) in [4.78, 5) is 15.8. The number of benzene rings is 2. The molecule has 0 atom stereocenters. The summed E-state index contributed by atoms with van der Waals surface area (Å²) in [7, 11) is 1.78. The Kier molecular flexibility index (Phi) is 3.68. The summed E-state index contributed by atoms with van der Waals surface area (Å²) in [5, 5.41) is 0. The Morgan fingerprint density at radius 2 is 2.00 bits per heavy atom. The number of carbonyl (C=O) groups excluding carboxylic acids is 1. The number of rotatable bonds is 2. The van der Waals surface area contributed by atoms with Crippen LogP contribution in [-0.2, 0) is 13.1 Å². The van der Waals surface area contributed by atoms with Crippen LogP contribution in [0.1, 0.15) is 11.1 Å². The molecule has 3 rings (SSSR count). The van der Waals surface area contributed by atoms with Gasteiger partial charge in [0.05, 0.1) is 16.7 Å². The number of amides is 2. The van der Waals surface area contributed by atoms with Crippen LogP contribution in [0.5, 0.6) is 0 Å². The van der Waals surface area contributed by atoms with Gasteiger partial charge in [0.1, 0.15) is 5.82 Å². The summed E-state index contributed by atoms with van der Waals surface area (Å²) in [6.45, 7) is 1.03. The van der Waals surface area contributed by atoms with Gasteiger partial charge in [0.15, 0.2) is 0 Å². The molecule has 0 saturated heterocycles. The lowest BCUT2D eigenvalue weighted by Gasteiger charge is -2.35. The highest BCUT2D eigenvalue weighted by molar-refractivity contribution is 9.10. The molecule has 1 heterocycles. The Morgan fingerprint density at radius 1 is 1.24 bits per heavy atom. The number of fused-ring (bicyclic) bond motifs is 1. The number of halogens is 2. The second-order valence-electron chi connectivity index (χ2n) is 5.10. The lowest BCUT2D eigenvalue weighted by atomic mass is 10.1. The van der Waals surface area contributed by atoms with Crippen LogP contribution in [0.2, 0.25) is 0 Å². The first-order chi connectivity index (χ1) is 10.1. The molecule has 0 fully saturated rings. The smallest absolute Gasteiger partial charge is 0.323 e. The van der Waals surface area contributed by atoms with E-state index in [1.165, 1.54) is 6.07 Å². The van der Waals surface area contributed by atoms with Gasteiger partial charge in [0.2, 0.25) is 0 Å². The Hall–Kier alpha value is -1.88. The average Bonchev–Trinajstić information content (AvgIpc) is 2.47. The van der Waals surface area contributed by atoms with Crippen LogP contribution in [0.3, 0.4) is 0 Å². The molecule has 0 aliphatic carbocycles. The van der Waals surface area contributed by atoms with Crippen LogP contribution in [0.25, 0.3) is 0 Å². The third-order valence-electron chi connectivity index (χ3n) is 3.57. The van der Waals surface area contributed by atoms with Crippen LogP contribution >= 0.6 is 15.9 Å². The van der Waals surface area contributed by atoms with Crippen molar-refractivity contribution in [1.29, 1.82) is 0 Å². The van der Waals surface area contributed by atoms with Crippen molar-refractivity contribution in [3.8, 4) is 0 Å². The van der Waals surface area contributed by atoms with E-state index in [9.17, 15) is 9.18 Å². The van der Waals surface area contributed by atoms with Gasteiger partial charge in [-0.2, -0.15) is 0 Å². The Bertz CT molecular complexity index is 704. The lowest BCUT2D eigenvalue weighted by Crippen LogP contribution is -2.44. The second kappa shape index (κ2) is 5.48. The summed E-state index contributed by atoms with van der Waals surface area (Å²) < 4.78 is 13.7. The number of hydrogen-bond donors (Lipinski definition) is 0. The molecule has 2 aromatic carbocycles. The number of hydrogen-bond acceptors (Lipinski definition) is 1. The molecule has 0 radical (unpaired) electrons. The number of para-hydroxylation sites is 1. The molecule has 0 aromatic heterocycles. The van der Waals surface area contributed by atoms with Crippen LogP contribution in [0.15, 0.2) is 46.9 Å². The van der Waals surface area contributed by atoms with Crippen molar-refractivity contribution in [3.05, 3.63) is 63.9 Å². The topological polar surface area (TPSA) is 23.6 Å². The fourth-order valence-corrected chi connectivity index (χ4v) is 2.94. The molecule has 2 amide bonds. The van der Waals surface area contributed by atoms with E-state index in [0.717, 1.165) is 16.8 Å². The van der Waals surface area contributed by atoms with Crippen molar-refractivity contribution in [2.75, 3.05) is 11.9 Å². The lowest BCUT2D eigenvalue weighted by molar-refractivity contribution is 0.210. The van der Waals surface area contributed by atoms with E-state index in [1.807, 2.05) is 24.3 Å². The van der Waals surface area contributed by atoms with Crippen LogP contribution in [0, 0.1) is 5.82 Å². The predicted octanol–water partition coefficient (Wildman–Crippen LogP) is 4.16.